The Morgan fingerprint density at radius 2 is 1.27 bits per heavy atom. The SMILES string of the molecule is Cc1ccc(/C=N/NC(=O)CCCCC(=O)N/N=C/c2ccc(C)o2)o1. The summed E-state index contributed by atoms with van der Waals surface area (Å²) in [6.45, 7) is 3.66. The fraction of sp³-hybridized carbons (Fsp3) is 0.333. The van der Waals surface area contributed by atoms with Crippen molar-refractivity contribution in [1.29, 1.82) is 0 Å². The average molecular weight is 358 g/mol. The number of aryl methyl sites for hydroxylation is 2. The molecule has 2 rings (SSSR count). The van der Waals surface area contributed by atoms with Crippen LogP contribution < -0.4 is 10.9 Å². The summed E-state index contributed by atoms with van der Waals surface area (Å²) in [4.78, 5) is 23.2. The molecule has 0 bridgehead atoms. The van der Waals surface area contributed by atoms with Crippen LogP contribution in [0.25, 0.3) is 0 Å². The van der Waals surface area contributed by atoms with Crippen LogP contribution in [0.4, 0.5) is 0 Å². The molecule has 0 unspecified atom stereocenters. The summed E-state index contributed by atoms with van der Waals surface area (Å²) < 4.78 is 10.6. The zero-order chi connectivity index (χ0) is 18.8. The zero-order valence-electron chi connectivity index (χ0n) is 14.8. The lowest BCUT2D eigenvalue weighted by molar-refractivity contribution is -0.123. The minimum atomic E-state index is -0.212. The fourth-order valence-corrected chi connectivity index (χ4v) is 2.06. The molecule has 0 spiro atoms. The molecule has 2 amide bonds. The van der Waals surface area contributed by atoms with E-state index in [4.69, 9.17) is 8.83 Å². The number of hydrogen-bond acceptors (Lipinski definition) is 6. The Kier molecular flexibility index (Phi) is 7.35. The minimum absolute atomic E-state index is 0.212. The number of hydrogen-bond donors (Lipinski definition) is 2. The Balaban J connectivity index is 1.54. The lowest BCUT2D eigenvalue weighted by Gasteiger charge is -2.00. The van der Waals surface area contributed by atoms with Gasteiger partial charge in [0.25, 0.3) is 0 Å². The van der Waals surface area contributed by atoms with E-state index in [2.05, 4.69) is 21.1 Å². The van der Waals surface area contributed by atoms with Gasteiger partial charge in [0, 0.05) is 12.8 Å². The number of nitrogens with zero attached hydrogens (tertiary/aromatic N) is 2. The van der Waals surface area contributed by atoms with Crippen molar-refractivity contribution in [3.63, 3.8) is 0 Å². The van der Waals surface area contributed by atoms with Crippen LogP contribution >= 0.6 is 0 Å². The number of furan rings is 2. The molecule has 0 aliphatic heterocycles. The van der Waals surface area contributed by atoms with Gasteiger partial charge < -0.3 is 8.83 Å². The number of amides is 2. The molecule has 0 aromatic carbocycles. The highest BCUT2D eigenvalue weighted by molar-refractivity contribution is 5.81. The molecule has 0 aliphatic carbocycles. The molecular weight excluding hydrogens is 336 g/mol. The van der Waals surface area contributed by atoms with Crippen LogP contribution in [0, 0.1) is 13.8 Å². The van der Waals surface area contributed by atoms with Crippen molar-refractivity contribution in [2.24, 2.45) is 10.2 Å². The van der Waals surface area contributed by atoms with Crippen molar-refractivity contribution >= 4 is 24.2 Å². The first-order valence-corrected chi connectivity index (χ1v) is 8.29. The summed E-state index contributed by atoms with van der Waals surface area (Å²) in [7, 11) is 0. The predicted octanol–water partition coefficient (Wildman–Crippen LogP) is 2.65. The summed E-state index contributed by atoms with van der Waals surface area (Å²) in [6.07, 6.45) is 4.62. The zero-order valence-corrected chi connectivity index (χ0v) is 14.8. The van der Waals surface area contributed by atoms with E-state index < -0.39 is 0 Å². The molecule has 0 atom stereocenters. The number of carbonyl (C=O) groups is 2. The molecule has 2 aromatic rings. The maximum absolute atomic E-state index is 11.6. The van der Waals surface area contributed by atoms with Crippen molar-refractivity contribution in [3.8, 4) is 0 Å². The Bertz CT molecular complexity index is 722. The first kappa shape index (κ1) is 19.2. The number of unbranched alkanes of at least 4 members (excludes halogenated alkanes) is 1. The first-order valence-electron chi connectivity index (χ1n) is 8.29. The average Bonchev–Trinajstić information content (AvgIpc) is 3.20. The standard InChI is InChI=1S/C18H22N4O4/c1-13-7-9-15(25-13)11-19-21-17(23)5-3-4-6-18(24)22-20-12-16-10-8-14(2)26-16/h7-12H,3-6H2,1-2H3,(H,21,23)(H,22,24)/b19-11+,20-12+. The highest BCUT2D eigenvalue weighted by atomic mass is 16.3. The topological polar surface area (TPSA) is 109 Å². The van der Waals surface area contributed by atoms with Gasteiger partial charge in [-0.3, -0.25) is 9.59 Å². The Morgan fingerprint density at radius 1 is 0.846 bits per heavy atom. The molecule has 0 saturated carbocycles. The van der Waals surface area contributed by atoms with E-state index in [0.717, 1.165) is 11.5 Å². The van der Waals surface area contributed by atoms with Gasteiger partial charge >= 0.3 is 0 Å². The van der Waals surface area contributed by atoms with Gasteiger partial charge in [0.15, 0.2) is 0 Å². The Labute approximate surface area is 151 Å². The molecule has 26 heavy (non-hydrogen) atoms. The van der Waals surface area contributed by atoms with Crippen molar-refractivity contribution in [2.75, 3.05) is 0 Å². The molecule has 0 radical (unpaired) electrons. The second-order valence-electron chi connectivity index (χ2n) is 5.69. The van der Waals surface area contributed by atoms with Crippen molar-refractivity contribution in [3.05, 3.63) is 47.3 Å². The Morgan fingerprint density at radius 3 is 1.62 bits per heavy atom. The van der Waals surface area contributed by atoms with Crippen LogP contribution in [0.5, 0.6) is 0 Å². The fourth-order valence-electron chi connectivity index (χ4n) is 2.06. The molecule has 2 heterocycles. The second-order valence-corrected chi connectivity index (χ2v) is 5.69. The van der Waals surface area contributed by atoms with E-state index in [1.54, 1.807) is 12.1 Å². The van der Waals surface area contributed by atoms with Crippen molar-refractivity contribution < 1.29 is 18.4 Å². The quantitative estimate of drug-likeness (QED) is 0.408. The predicted molar refractivity (Wildman–Crippen MR) is 96.8 cm³/mol. The highest BCUT2D eigenvalue weighted by Crippen LogP contribution is 2.04. The molecule has 0 aliphatic rings. The summed E-state index contributed by atoms with van der Waals surface area (Å²) in [5.74, 6) is 2.28. The summed E-state index contributed by atoms with van der Waals surface area (Å²) >= 11 is 0. The number of rotatable bonds is 9. The third kappa shape index (κ3) is 7.16. The number of hydrazone groups is 2. The highest BCUT2D eigenvalue weighted by Gasteiger charge is 2.03. The molecule has 2 N–H and O–H groups in total. The van der Waals surface area contributed by atoms with E-state index in [0.29, 0.717) is 24.4 Å². The van der Waals surface area contributed by atoms with Crippen LogP contribution in [-0.4, -0.2) is 24.2 Å². The third-order valence-electron chi connectivity index (χ3n) is 3.34. The van der Waals surface area contributed by atoms with Crippen LogP contribution in [0.2, 0.25) is 0 Å². The van der Waals surface area contributed by atoms with E-state index in [9.17, 15) is 9.59 Å². The minimum Gasteiger partial charge on any atom is -0.460 e. The van der Waals surface area contributed by atoms with Crippen molar-refractivity contribution in [1.82, 2.24) is 10.9 Å². The molecule has 8 nitrogen and oxygen atoms in total. The number of nitrogens with one attached hydrogen (secondary N) is 2. The van der Waals surface area contributed by atoms with Gasteiger partial charge in [-0.25, -0.2) is 10.9 Å². The van der Waals surface area contributed by atoms with E-state index in [1.165, 1.54) is 12.4 Å². The summed E-state index contributed by atoms with van der Waals surface area (Å²) in [6, 6.07) is 7.15. The maximum atomic E-state index is 11.6. The van der Waals surface area contributed by atoms with Gasteiger partial charge in [-0.2, -0.15) is 10.2 Å². The van der Waals surface area contributed by atoms with Crippen molar-refractivity contribution in [2.45, 2.75) is 39.5 Å². The molecule has 8 heteroatoms. The largest absolute Gasteiger partial charge is 0.460 e. The van der Waals surface area contributed by atoms with Crippen LogP contribution in [0.1, 0.15) is 48.7 Å². The van der Waals surface area contributed by atoms with Crippen LogP contribution in [0.15, 0.2) is 43.3 Å². The van der Waals surface area contributed by atoms with E-state index >= 15 is 0 Å². The smallest absolute Gasteiger partial charge is 0.240 e. The van der Waals surface area contributed by atoms with Crippen LogP contribution in [-0.2, 0) is 9.59 Å². The van der Waals surface area contributed by atoms with Crippen LogP contribution in [0.3, 0.4) is 0 Å². The van der Waals surface area contributed by atoms with Gasteiger partial charge in [-0.1, -0.05) is 0 Å². The van der Waals surface area contributed by atoms with Gasteiger partial charge in [0.1, 0.15) is 23.0 Å². The van der Waals surface area contributed by atoms with Gasteiger partial charge in [-0.15, -0.1) is 0 Å². The maximum Gasteiger partial charge on any atom is 0.240 e. The lowest BCUT2D eigenvalue weighted by Crippen LogP contribution is -2.18. The Hall–Kier alpha value is -3.16. The molecule has 0 fully saturated rings. The number of carbonyl (C=O) groups excluding carboxylic acids is 2. The molecule has 2 aromatic heterocycles. The van der Waals surface area contributed by atoms with Gasteiger partial charge in [0.2, 0.25) is 11.8 Å². The summed E-state index contributed by atoms with van der Waals surface area (Å²) in [5, 5.41) is 7.63. The molecule has 138 valence electrons. The van der Waals surface area contributed by atoms with Gasteiger partial charge in [-0.05, 0) is 51.0 Å². The second kappa shape index (κ2) is 9.97. The monoisotopic (exact) mass is 358 g/mol. The first-order chi connectivity index (χ1) is 12.5. The molecular formula is C18H22N4O4. The summed E-state index contributed by atoms with van der Waals surface area (Å²) in [5.41, 5.74) is 4.84. The van der Waals surface area contributed by atoms with E-state index in [-0.39, 0.29) is 24.7 Å². The van der Waals surface area contributed by atoms with Gasteiger partial charge in [0.05, 0.1) is 12.4 Å². The third-order valence-corrected chi connectivity index (χ3v) is 3.34. The molecule has 0 saturated heterocycles. The normalized spacial score (nSPS) is 11.3. The van der Waals surface area contributed by atoms with E-state index in [1.807, 2.05) is 26.0 Å². The lowest BCUT2D eigenvalue weighted by atomic mass is 10.2.